The van der Waals surface area contributed by atoms with Crippen molar-refractivity contribution in [1.29, 1.82) is 0 Å². The van der Waals surface area contributed by atoms with Crippen molar-refractivity contribution in [3.05, 3.63) is 0 Å². The van der Waals surface area contributed by atoms with Gasteiger partial charge in [0.1, 0.15) is 11.7 Å². The molecule has 2 heteroatoms. The van der Waals surface area contributed by atoms with Crippen LogP contribution < -0.4 is 0 Å². The fourth-order valence-electron chi connectivity index (χ4n) is 5.80. The van der Waals surface area contributed by atoms with E-state index in [0.29, 0.717) is 16.6 Å². The first-order valence-electron chi connectivity index (χ1n) is 6.76. The predicted octanol–water partition coefficient (Wildman–Crippen LogP) is 2.70. The summed E-state index contributed by atoms with van der Waals surface area (Å²) in [6.07, 6.45) is 7.26. The first kappa shape index (κ1) is 9.64. The van der Waals surface area contributed by atoms with Gasteiger partial charge in [-0.2, -0.15) is 0 Å². The molecular weight excluding hydrogens is 200 g/mol. The van der Waals surface area contributed by atoms with E-state index in [-0.39, 0.29) is 11.7 Å². The molecule has 1 unspecified atom stereocenters. The highest BCUT2D eigenvalue weighted by Crippen LogP contribution is 2.78. The normalized spacial score (nSPS) is 62.8. The lowest BCUT2D eigenvalue weighted by Crippen LogP contribution is -2.52. The Balaban J connectivity index is 1.92. The summed E-state index contributed by atoms with van der Waals surface area (Å²) in [6, 6.07) is 0. The van der Waals surface area contributed by atoms with E-state index in [2.05, 4.69) is 13.8 Å². The monoisotopic (exact) mass is 220 g/mol. The highest BCUT2D eigenvalue weighted by Gasteiger charge is 2.80. The predicted molar refractivity (Wildman–Crippen MR) is 60.0 cm³/mol. The Bertz CT molecular complexity index is 390. The van der Waals surface area contributed by atoms with Crippen molar-refractivity contribution in [2.75, 3.05) is 0 Å². The molecule has 1 aliphatic heterocycles. The molecule has 1 saturated heterocycles. The van der Waals surface area contributed by atoms with Crippen LogP contribution in [0.5, 0.6) is 0 Å². The van der Waals surface area contributed by atoms with Gasteiger partial charge in [-0.1, -0.05) is 13.3 Å². The Morgan fingerprint density at radius 1 is 1.31 bits per heavy atom. The van der Waals surface area contributed by atoms with Gasteiger partial charge in [0.25, 0.3) is 0 Å². The third-order valence-electron chi connectivity index (χ3n) is 6.67. The number of hydrogen-bond acceptors (Lipinski definition) is 2. The van der Waals surface area contributed by atoms with E-state index in [1.54, 1.807) is 0 Å². The van der Waals surface area contributed by atoms with Gasteiger partial charge in [0.2, 0.25) is 0 Å². The van der Waals surface area contributed by atoms with Crippen molar-refractivity contribution in [2.45, 2.75) is 64.1 Å². The van der Waals surface area contributed by atoms with E-state index in [4.69, 9.17) is 4.74 Å². The zero-order valence-electron chi connectivity index (χ0n) is 10.2. The number of Topliss-reactive ketones (excluding diaryl/α,β-unsaturated/α-hetero) is 1. The number of rotatable bonds is 0. The molecule has 4 fully saturated rings. The fourth-order valence-corrected chi connectivity index (χ4v) is 5.80. The Hall–Kier alpha value is -0.370. The quantitative estimate of drug-likeness (QED) is 0.587. The molecule has 3 aliphatic carbocycles. The second kappa shape index (κ2) is 2.40. The smallest absolute Gasteiger partial charge is 0.165 e. The molecule has 1 heterocycles. The van der Waals surface area contributed by atoms with Crippen LogP contribution in [0.3, 0.4) is 0 Å². The third-order valence-corrected chi connectivity index (χ3v) is 6.67. The average molecular weight is 220 g/mol. The summed E-state index contributed by atoms with van der Waals surface area (Å²) in [5, 5.41) is 0. The lowest BCUT2D eigenvalue weighted by Gasteiger charge is -2.48. The molecule has 0 aromatic carbocycles. The molecule has 3 saturated carbocycles. The van der Waals surface area contributed by atoms with Gasteiger partial charge < -0.3 is 4.74 Å². The number of fused-ring (bicyclic) bond motifs is 1. The third kappa shape index (κ3) is 0.703. The fraction of sp³-hybridized carbons (Fsp3) is 0.929. The van der Waals surface area contributed by atoms with Gasteiger partial charge in [0.15, 0.2) is 5.78 Å². The van der Waals surface area contributed by atoms with Crippen LogP contribution in [-0.4, -0.2) is 17.5 Å². The maximum Gasteiger partial charge on any atom is 0.165 e. The molecule has 0 N–H and O–H groups in total. The molecule has 0 amide bonds. The molecule has 0 spiro atoms. The van der Waals surface area contributed by atoms with Crippen LogP contribution >= 0.6 is 0 Å². The molecule has 0 bridgehead atoms. The summed E-state index contributed by atoms with van der Waals surface area (Å²) in [5.74, 6) is 1.12. The van der Waals surface area contributed by atoms with Gasteiger partial charge in [-0.15, -0.1) is 0 Å². The van der Waals surface area contributed by atoms with E-state index in [1.807, 2.05) is 0 Å². The molecule has 0 aromatic heterocycles. The van der Waals surface area contributed by atoms with Gasteiger partial charge in [0, 0.05) is 11.8 Å². The number of carbonyl (C=O) groups excluding carboxylic acids is 1. The molecule has 2 nitrogen and oxygen atoms in total. The zero-order chi connectivity index (χ0) is 11.2. The van der Waals surface area contributed by atoms with Crippen LogP contribution in [0.25, 0.3) is 0 Å². The summed E-state index contributed by atoms with van der Waals surface area (Å²) in [4.78, 5) is 12.1. The Morgan fingerprint density at radius 3 is 2.94 bits per heavy atom. The van der Waals surface area contributed by atoms with Crippen LogP contribution in [0.1, 0.15) is 52.4 Å². The summed E-state index contributed by atoms with van der Waals surface area (Å²) in [6.45, 7) is 4.58. The second-order valence-electron chi connectivity index (χ2n) is 6.78. The maximum atomic E-state index is 12.1. The van der Waals surface area contributed by atoms with Crippen molar-refractivity contribution in [1.82, 2.24) is 0 Å². The van der Waals surface area contributed by atoms with E-state index in [1.165, 1.54) is 32.1 Å². The van der Waals surface area contributed by atoms with Crippen molar-refractivity contribution in [2.24, 2.45) is 16.7 Å². The molecule has 0 aromatic rings. The number of hydrogen-bond donors (Lipinski definition) is 0. The lowest BCUT2D eigenvalue weighted by molar-refractivity contribution is -0.128. The Kier molecular flexibility index (Phi) is 1.45. The second-order valence-corrected chi connectivity index (χ2v) is 6.78. The van der Waals surface area contributed by atoms with Crippen LogP contribution in [0, 0.1) is 16.7 Å². The van der Waals surface area contributed by atoms with Crippen molar-refractivity contribution in [3.8, 4) is 0 Å². The van der Waals surface area contributed by atoms with Crippen LogP contribution in [0.2, 0.25) is 0 Å². The first-order valence-corrected chi connectivity index (χ1v) is 6.76. The van der Waals surface area contributed by atoms with Crippen molar-refractivity contribution >= 4 is 5.78 Å². The molecule has 16 heavy (non-hydrogen) atoms. The summed E-state index contributed by atoms with van der Waals surface area (Å²) >= 11 is 0. The van der Waals surface area contributed by atoms with Gasteiger partial charge in [-0.25, -0.2) is 0 Å². The standard InChI is InChI=1S/C14H20O2/c1-9-4-7-14-6-3-5-13(9,14)8-10(15)11-12(14,2)16-11/h9,11H,3-8H2,1-2H3/t9?,11-,12-,13-,14-/m0/s1. The van der Waals surface area contributed by atoms with Gasteiger partial charge in [-0.05, 0) is 43.9 Å². The average Bonchev–Trinajstić information content (AvgIpc) is 2.69. The maximum absolute atomic E-state index is 12.1. The SMILES string of the molecule is CC1CC[C@]23CCC[C@]12CC(=O)[C@@H]1O[C@@]13C. The van der Waals surface area contributed by atoms with Crippen LogP contribution in [0.4, 0.5) is 0 Å². The minimum absolute atomic E-state index is 0.0379. The molecule has 0 radical (unpaired) electrons. The van der Waals surface area contributed by atoms with Crippen LogP contribution in [0.15, 0.2) is 0 Å². The minimum atomic E-state index is -0.0798. The van der Waals surface area contributed by atoms with E-state index >= 15 is 0 Å². The van der Waals surface area contributed by atoms with Gasteiger partial charge >= 0.3 is 0 Å². The Labute approximate surface area is 96.7 Å². The van der Waals surface area contributed by atoms with Crippen LogP contribution in [-0.2, 0) is 9.53 Å². The van der Waals surface area contributed by atoms with E-state index in [9.17, 15) is 4.79 Å². The van der Waals surface area contributed by atoms with Gasteiger partial charge in [-0.3, -0.25) is 4.79 Å². The van der Waals surface area contributed by atoms with Gasteiger partial charge in [0.05, 0.1) is 0 Å². The molecular formula is C14H20O2. The highest BCUT2D eigenvalue weighted by atomic mass is 16.6. The largest absolute Gasteiger partial charge is 0.357 e. The van der Waals surface area contributed by atoms with Crippen molar-refractivity contribution < 1.29 is 9.53 Å². The molecule has 88 valence electrons. The molecule has 5 atom stereocenters. The highest BCUT2D eigenvalue weighted by molar-refractivity contribution is 5.89. The first-order chi connectivity index (χ1) is 7.56. The number of epoxide rings is 1. The topological polar surface area (TPSA) is 29.6 Å². The summed E-state index contributed by atoms with van der Waals surface area (Å²) < 4.78 is 5.89. The summed E-state index contributed by atoms with van der Waals surface area (Å²) in [7, 11) is 0. The zero-order valence-corrected chi connectivity index (χ0v) is 10.2. The number of ether oxygens (including phenoxy) is 1. The molecule has 4 rings (SSSR count). The number of carbonyl (C=O) groups is 1. The Morgan fingerprint density at radius 2 is 2.12 bits per heavy atom. The van der Waals surface area contributed by atoms with E-state index < -0.39 is 0 Å². The van der Waals surface area contributed by atoms with E-state index in [0.717, 1.165) is 12.3 Å². The minimum Gasteiger partial charge on any atom is -0.357 e. The number of ketones is 1. The van der Waals surface area contributed by atoms with Crippen molar-refractivity contribution in [3.63, 3.8) is 0 Å². The summed E-state index contributed by atoms with van der Waals surface area (Å²) in [5.41, 5.74) is 0.591. The lowest BCUT2D eigenvalue weighted by atomic mass is 9.53. The molecule has 4 aliphatic rings.